The molecule has 1 N–H and O–H groups in total. The number of nitrogens with one attached hydrogen (secondary N) is 1. The Hall–Kier alpha value is -3.06. The Balaban J connectivity index is 2.16. The molecule has 0 amide bonds. The highest BCUT2D eigenvalue weighted by Gasteiger charge is 2.21. The van der Waals surface area contributed by atoms with E-state index in [1.165, 1.54) is 37.4 Å². The molecule has 7 heteroatoms. The first kappa shape index (κ1) is 22.6. The van der Waals surface area contributed by atoms with Gasteiger partial charge in [0, 0.05) is 17.2 Å². The molecule has 0 aliphatic carbocycles. The summed E-state index contributed by atoms with van der Waals surface area (Å²) in [6.07, 6.45) is 0. The predicted octanol–water partition coefficient (Wildman–Crippen LogP) is 5.74. The molecule has 0 aliphatic heterocycles. The molecule has 5 nitrogen and oxygen atoms in total. The molecule has 3 aromatic rings. The maximum atomic E-state index is 14.1. The Labute approximate surface area is 182 Å². The number of ether oxygens (including phenoxy) is 2. The molecule has 0 fully saturated rings. The highest BCUT2D eigenvalue weighted by molar-refractivity contribution is 7.92. The minimum Gasteiger partial charge on any atom is -0.496 e. The second-order valence-corrected chi connectivity index (χ2v) is 9.24. The van der Waals surface area contributed by atoms with E-state index in [0.29, 0.717) is 22.6 Å². The zero-order valence-corrected chi connectivity index (χ0v) is 19.0. The molecule has 0 bridgehead atoms. The van der Waals surface area contributed by atoms with Crippen LogP contribution >= 0.6 is 0 Å². The maximum Gasteiger partial charge on any atom is 0.261 e. The van der Waals surface area contributed by atoms with E-state index >= 15 is 0 Å². The summed E-state index contributed by atoms with van der Waals surface area (Å²) in [7, 11) is -0.815. The van der Waals surface area contributed by atoms with Crippen molar-refractivity contribution in [2.24, 2.45) is 0 Å². The Bertz CT molecular complexity index is 1190. The Kier molecular flexibility index (Phi) is 6.55. The van der Waals surface area contributed by atoms with Crippen molar-refractivity contribution >= 4 is 15.7 Å². The van der Waals surface area contributed by atoms with Gasteiger partial charge in [0.1, 0.15) is 17.3 Å². The standard InChI is InChI=1S/C24H26FNO4S/c1-15(2)20-13-21(24(30-5)14-23(20)29-4)19-11-8-17(25)12-22(19)26-31(27,28)18-9-6-16(3)7-10-18/h6-15,26H,1-5H3. The van der Waals surface area contributed by atoms with E-state index in [0.717, 1.165) is 11.1 Å². The topological polar surface area (TPSA) is 64.6 Å². The van der Waals surface area contributed by atoms with Crippen LogP contribution in [0.25, 0.3) is 11.1 Å². The van der Waals surface area contributed by atoms with Gasteiger partial charge in [0.05, 0.1) is 24.8 Å². The first-order chi connectivity index (χ1) is 14.7. The van der Waals surface area contributed by atoms with Gasteiger partial charge in [-0.05, 0) is 54.8 Å². The summed E-state index contributed by atoms with van der Waals surface area (Å²) in [5.74, 6) is 0.748. The van der Waals surface area contributed by atoms with Crippen molar-refractivity contribution in [2.45, 2.75) is 31.6 Å². The summed E-state index contributed by atoms with van der Waals surface area (Å²) in [5.41, 5.74) is 3.12. The number of sulfonamides is 1. The normalized spacial score (nSPS) is 11.5. The molecule has 0 unspecified atom stereocenters. The van der Waals surface area contributed by atoms with E-state index in [4.69, 9.17) is 9.47 Å². The van der Waals surface area contributed by atoms with Gasteiger partial charge in [0.25, 0.3) is 10.0 Å². The molecule has 0 aromatic heterocycles. The van der Waals surface area contributed by atoms with Crippen LogP contribution in [0.2, 0.25) is 0 Å². The van der Waals surface area contributed by atoms with Crippen LogP contribution in [0.4, 0.5) is 10.1 Å². The van der Waals surface area contributed by atoms with Gasteiger partial charge in [-0.25, -0.2) is 12.8 Å². The molecular formula is C24H26FNO4S. The van der Waals surface area contributed by atoms with E-state index in [9.17, 15) is 12.8 Å². The van der Waals surface area contributed by atoms with Crippen molar-refractivity contribution in [3.05, 3.63) is 71.5 Å². The van der Waals surface area contributed by atoms with Crippen molar-refractivity contribution in [3.63, 3.8) is 0 Å². The van der Waals surface area contributed by atoms with Gasteiger partial charge < -0.3 is 9.47 Å². The molecule has 0 radical (unpaired) electrons. The van der Waals surface area contributed by atoms with Crippen molar-refractivity contribution in [1.29, 1.82) is 0 Å². The fraction of sp³-hybridized carbons (Fsp3) is 0.250. The van der Waals surface area contributed by atoms with Crippen LogP contribution in [-0.4, -0.2) is 22.6 Å². The van der Waals surface area contributed by atoms with Crippen molar-refractivity contribution in [3.8, 4) is 22.6 Å². The number of aryl methyl sites for hydroxylation is 1. The molecule has 0 heterocycles. The van der Waals surface area contributed by atoms with Crippen LogP contribution < -0.4 is 14.2 Å². The Morgan fingerprint density at radius 1 is 0.871 bits per heavy atom. The molecule has 0 aliphatic rings. The number of methoxy groups -OCH3 is 2. The third-order valence-electron chi connectivity index (χ3n) is 5.02. The molecule has 0 spiro atoms. The van der Waals surface area contributed by atoms with Gasteiger partial charge in [-0.2, -0.15) is 0 Å². The van der Waals surface area contributed by atoms with Crippen LogP contribution in [-0.2, 0) is 10.0 Å². The van der Waals surface area contributed by atoms with Gasteiger partial charge in [0.15, 0.2) is 0 Å². The molecular weight excluding hydrogens is 417 g/mol. The first-order valence-electron chi connectivity index (χ1n) is 9.81. The lowest BCUT2D eigenvalue weighted by Gasteiger charge is -2.19. The highest BCUT2D eigenvalue weighted by atomic mass is 32.2. The van der Waals surface area contributed by atoms with Gasteiger partial charge in [-0.1, -0.05) is 31.5 Å². The number of hydrogen-bond donors (Lipinski definition) is 1. The molecule has 0 atom stereocenters. The summed E-state index contributed by atoms with van der Waals surface area (Å²) < 4.78 is 53.6. The lowest BCUT2D eigenvalue weighted by atomic mass is 9.94. The molecule has 3 rings (SSSR count). The number of benzene rings is 3. The van der Waals surface area contributed by atoms with Crippen LogP contribution in [0.15, 0.2) is 59.5 Å². The lowest BCUT2D eigenvalue weighted by Crippen LogP contribution is -2.14. The maximum absolute atomic E-state index is 14.1. The largest absolute Gasteiger partial charge is 0.496 e. The monoisotopic (exact) mass is 443 g/mol. The minimum absolute atomic E-state index is 0.0953. The first-order valence-corrected chi connectivity index (χ1v) is 11.3. The van der Waals surface area contributed by atoms with Crippen molar-refractivity contribution in [2.75, 3.05) is 18.9 Å². The van der Waals surface area contributed by atoms with Gasteiger partial charge >= 0.3 is 0 Å². The average Bonchev–Trinajstić information content (AvgIpc) is 2.73. The average molecular weight is 444 g/mol. The summed E-state index contributed by atoms with van der Waals surface area (Å²) >= 11 is 0. The highest BCUT2D eigenvalue weighted by Crippen LogP contribution is 2.42. The van der Waals surface area contributed by atoms with Crippen LogP contribution in [0.3, 0.4) is 0 Å². The smallest absolute Gasteiger partial charge is 0.261 e. The summed E-state index contributed by atoms with van der Waals surface area (Å²) in [6.45, 7) is 5.93. The second kappa shape index (κ2) is 8.98. The molecule has 0 saturated heterocycles. The number of halogens is 1. The number of anilines is 1. The summed E-state index contributed by atoms with van der Waals surface area (Å²) in [5, 5.41) is 0. The summed E-state index contributed by atoms with van der Waals surface area (Å²) in [4.78, 5) is 0.0953. The Morgan fingerprint density at radius 3 is 2.10 bits per heavy atom. The van der Waals surface area contributed by atoms with Crippen LogP contribution in [0, 0.1) is 12.7 Å². The molecule has 3 aromatic carbocycles. The predicted molar refractivity (Wildman–Crippen MR) is 121 cm³/mol. The Morgan fingerprint density at radius 2 is 1.52 bits per heavy atom. The van der Waals surface area contributed by atoms with E-state index in [1.807, 2.05) is 26.8 Å². The van der Waals surface area contributed by atoms with Gasteiger partial charge in [-0.3, -0.25) is 4.72 Å². The second-order valence-electron chi connectivity index (χ2n) is 7.56. The zero-order chi connectivity index (χ0) is 22.8. The van der Waals surface area contributed by atoms with E-state index < -0.39 is 15.8 Å². The van der Waals surface area contributed by atoms with E-state index in [1.54, 1.807) is 25.3 Å². The van der Waals surface area contributed by atoms with Gasteiger partial charge in [0.2, 0.25) is 0 Å². The third kappa shape index (κ3) is 4.82. The van der Waals surface area contributed by atoms with Crippen molar-refractivity contribution in [1.82, 2.24) is 0 Å². The fourth-order valence-electron chi connectivity index (χ4n) is 3.34. The van der Waals surface area contributed by atoms with Crippen LogP contribution in [0.5, 0.6) is 11.5 Å². The third-order valence-corrected chi connectivity index (χ3v) is 6.40. The molecule has 164 valence electrons. The fourth-order valence-corrected chi connectivity index (χ4v) is 4.41. The van der Waals surface area contributed by atoms with Crippen LogP contribution in [0.1, 0.15) is 30.9 Å². The number of rotatable bonds is 7. The molecule has 0 saturated carbocycles. The van der Waals surface area contributed by atoms with Crippen molar-refractivity contribution < 1.29 is 22.3 Å². The zero-order valence-electron chi connectivity index (χ0n) is 18.2. The SMILES string of the molecule is COc1cc(OC)c(C(C)C)cc1-c1ccc(F)cc1NS(=O)(=O)c1ccc(C)cc1. The summed E-state index contributed by atoms with van der Waals surface area (Å²) in [6, 6.07) is 14.1. The quantitative estimate of drug-likeness (QED) is 0.506. The van der Waals surface area contributed by atoms with E-state index in [-0.39, 0.29) is 16.5 Å². The minimum atomic E-state index is -3.92. The number of hydrogen-bond acceptors (Lipinski definition) is 4. The van der Waals surface area contributed by atoms with E-state index in [2.05, 4.69) is 4.72 Å². The van der Waals surface area contributed by atoms with Gasteiger partial charge in [-0.15, -0.1) is 0 Å². The molecule has 31 heavy (non-hydrogen) atoms. The lowest BCUT2D eigenvalue weighted by molar-refractivity contribution is 0.390.